The van der Waals surface area contributed by atoms with Gasteiger partial charge in [-0.25, -0.2) is 14.6 Å². The summed E-state index contributed by atoms with van der Waals surface area (Å²) < 4.78 is 0. The van der Waals surface area contributed by atoms with Crippen molar-refractivity contribution in [3.63, 3.8) is 0 Å². The lowest BCUT2D eigenvalue weighted by Crippen LogP contribution is -2.19. The van der Waals surface area contributed by atoms with Crippen LogP contribution in [-0.4, -0.2) is 27.1 Å². The number of pyridine rings is 1. The van der Waals surface area contributed by atoms with E-state index in [1.807, 2.05) is 6.07 Å². The molecule has 0 saturated carbocycles. The topological polar surface area (TPSA) is 121 Å². The predicted octanol–water partition coefficient (Wildman–Crippen LogP) is 2.68. The highest BCUT2D eigenvalue weighted by Crippen LogP contribution is 2.24. The lowest BCUT2D eigenvalue weighted by molar-refractivity contribution is -0.130. The van der Waals surface area contributed by atoms with Gasteiger partial charge in [-0.05, 0) is 23.8 Å². The van der Waals surface area contributed by atoms with E-state index in [-0.39, 0.29) is 5.57 Å². The Morgan fingerprint density at radius 1 is 1.17 bits per heavy atom. The summed E-state index contributed by atoms with van der Waals surface area (Å²) in [6, 6.07) is 11.5. The van der Waals surface area contributed by atoms with Crippen molar-refractivity contribution in [3.8, 4) is 0 Å². The average Bonchev–Trinajstić information content (AvgIpc) is 2.94. The monoisotopic (exact) mass is 322 g/mol. The number of benzene rings is 1. The highest BCUT2D eigenvalue weighted by atomic mass is 16.4. The van der Waals surface area contributed by atoms with Crippen molar-refractivity contribution in [1.82, 2.24) is 9.97 Å². The number of anilines is 1. The number of aromatic nitrogens is 2. The maximum Gasteiger partial charge on any atom is 0.336 e. The summed E-state index contributed by atoms with van der Waals surface area (Å²) in [4.78, 5) is 29.6. The summed E-state index contributed by atoms with van der Waals surface area (Å²) in [7, 11) is 0. The quantitative estimate of drug-likeness (QED) is 0.552. The second-order valence-electron chi connectivity index (χ2n) is 5.06. The lowest BCUT2D eigenvalue weighted by atomic mass is 10.0. The molecular formula is C17H14N4O3. The number of nitrogens with two attached hydrogens (primary N) is 1. The number of carbonyl (C=O) groups is 2. The van der Waals surface area contributed by atoms with Gasteiger partial charge in [-0.1, -0.05) is 30.3 Å². The van der Waals surface area contributed by atoms with Gasteiger partial charge in [0.2, 0.25) is 0 Å². The summed E-state index contributed by atoms with van der Waals surface area (Å²) in [5, 5.41) is 12.6. The van der Waals surface area contributed by atoms with Crippen molar-refractivity contribution in [2.75, 3.05) is 5.32 Å². The summed E-state index contributed by atoms with van der Waals surface area (Å²) in [6.07, 6.45) is 3.25. The number of urea groups is 1. The molecule has 7 nitrogen and oxygen atoms in total. The van der Waals surface area contributed by atoms with Crippen molar-refractivity contribution in [2.24, 2.45) is 5.73 Å². The number of nitrogens with zero attached hydrogens (tertiary/aromatic N) is 1. The molecule has 0 aliphatic heterocycles. The zero-order valence-corrected chi connectivity index (χ0v) is 12.5. The highest BCUT2D eigenvalue weighted by Gasteiger charge is 2.12. The number of carboxylic acid groups (broad SMARTS) is 1. The Morgan fingerprint density at radius 2 is 1.92 bits per heavy atom. The fourth-order valence-corrected chi connectivity index (χ4v) is 2.38. The molecule has 0 radical (unpaired) electrons. The average molecular weight is 322 g/mol. The van der Waals surface area contributed by atoms with Crippen molar-refractivity contribution < 1.29 is 14.7 Å². The summed E-state index contributed by atoms with van der Waals surface area (Å²) >= 11 is 0. The molecule has 7 heteroatoms. The molecular weight excluding hydrogens is 308 g/mol. The van der Waals surface area contributed by atoms with Gasteiger partial charge in [0.25, 0.3) is 0 Å². The number of hydrogen-bond acceptors (Lipinski definition) is 3. The minimum Gasteiger partial charge on any atom is -0.478 e. The number of carboxylic acids is 1. The first kappa shape index (κ1) is 15.3. The van der Waals surface area contributed by atoms with Gasteiger partial charge in [-0.3, -0.25) is 5.32 Å². The van der Waals surface area contributed by atoms with E-state index in [4.69, 9.17) is 5.73 Å². The third kappa shape index (κ3) is 3.09. The van der Waals surface area contributed by atoms with E-state index >= 15 is 0 Å². The molecule has 2 aromatic heterocycles. The molecule has 0 spiro atoms. The van der Waals surface area contributed by atoms with Crippen molar-refractivity contribution >= 4 is 40.5 Å². The van der Waals surface area contributed by atoms with Crippen molar-refractivity contribution in [1.29, 1.82) is 0 Å². The van der Waals surface area contributed by atoms with Gasteiger partial charge in [-0.2, -0.15) is 0 Å². The first-order valence-electron chi connectivity index (χ1n) is 7.09. The number of nitrogens with one attached hydrogen (secondary N) is 2. The number of hydrogen-bond donors (Lipinski definition) is 4. The number of aliphatic carboxylic acids is 1. The van der Waals surface area contributed by atoms with E-state index in [1.165, 1.54) is 0 Å². The van der Waals surface area contributed by atoms with E-state index in [1.54, 1.807) is 48.7 Å². The fraction of sp³-hybridized carbons (Fsp3) is 0. The number of rotatable bonds is 4. The van der Waals surface area contributed by atoms with Gasteiger partial charge < -0.3 is 15.8 Å². The molecule has 0 bridgehead atoms. The van der Waals surface area contributed by atoms with Crippen LogP contribution >= 0.6 is 0 Å². The normalized spacial score (nSPS) is 11.4. The fourth-order valence-electron chi connectivity index (χ4n) is 2.38. The Hall–Kier alpha value is -3.61. The van der Waals surface area contributed by atoms with Crippen molar-refractivity contribution in [2.45, 2.75) is 0 Å². The van der Waals surface area contributed by atoms with Crippen LogP contribution in [0.4, 0.5) is 10.6 Å². The first-order valence-corrected chi connectivity index (χ1v) is 7.09. The summed E-state index contributed by atoms with van der Waals surface area (Å²) in [6.45, 7) is 0. The predicted molar refractivity (Wildman–Crippen MR) is 91.2 cm³/mol. The van der Waals surface area contributed by atoms with Crippen LogP contribution < -0.4 is 11.1 Å². The van der Waals surface area contributed by atoms with E-state index < -0.39 is 12.0 Å². The van der Waals surface area contributed by atoms with Crippen LogP contribution in [0.1, 0.15) is 11.1 Å². The Kier molecular flexibility index (Phi) is 3.98. The molecule has 2 heterocycles. The molecule has 120 valence electrons. The van der Waals surface area contributed by atoms with Crippen LogP contribution in [0.2, 0.25) is 0 Å². The van der Waals surface area contributed by atoms with Crippen LogP contribution in [0.5, 0.6) is 0 Å². The highest BCUT2D eigenvalue weighted by molar-refractivity contribution is 6.21. The van der Waals surface area contributed by atoms with Crippen LogP contribution in [0, 0.1) is 0 Å². The largest absolute Gasteiger partial charge is 0.478 e. The third-order valence-corrected chi connectivity index (χ3v) is 3.44. The van der Waals surface area contributed by atoms with E-state index in [0.717, 1.165) is 5.39 Å². The second kappa shape index (κ2) is 6.25. The molecule has 1 aromatic carbocycles. The van der Waals surface area contributed by atoms with Gasteiger partial charge in [0, 0.05) is 17.1 Å². The maximum absolute atomic E-state index is 11.6. The first-order chi connectivity index (χ1) is 11.5. The Bertz CT molecular complexity index is 945. The summed E-state index contributed by atoms with van der Waals surface area (Å²) in [5.41, 5.74) is 7.05. The standard InChI is InChI=1S/C17H14N4O3/c18-17(24)21-14-7-6-12-11(9-19-15(12)20-14)8-13(16(22)23)10-4-2-1-3-5-10/h1-9H,(H,22,23)(H4,18,19,20,21,24). The molecule has 3 aromatic rings. The molecule has 0 atom stereocenters. The zero-order valence-electron chi connectivity index (χ0n) is 12.5. The molecule has 0 saturated heterocycles. The number of aromatic amines is 1. The van der Waals surface area contributed by atoms with Crippen LogP contribution in [-0.2, 0) is 4.79 Å². The minimum atomic E-state index is -1.02. The molecule has 5 N–H and O–H groups in total. The number of carbonyl (C=O) groups excluding carboxylic acids is 1. The third-order valence-electron chi connectivity index (χ3n) is 3.44. The van der Waals surface area contributed by atoms with E-state index in [2.05, 4.69) is 15.3 Å². The summed E-state index contributed by atoms with van der Waals surface area (Å²) in [5.74, 6) is -0.704. The van der Waals surface area contributed by atoms with Crippen LogP contribution in [0.3, 0.4) is 0 Å². The molecule has 24 heavy (non-hydrogen) atoms. The minimum absolute atomic E-state index is 0.177. The molecule has 0 aliphatic carbocycles. The van der Waals surface area contributed by atoms with E-state index in [9.17, 15) is 14.7 Å². The van der Waals surface area contributed by atoms with Gasteiger partial charge in [0.1, 0.15) is 11.5 Å². The second-order valence-corrected chi connectivity index (χ2v) is 5.06. The van der Waals surface area contributed by atoms with Crippen LogP contribution in [0.15, 0.2) is 48.7 Å². The number of H-pyrrole nitrogens is 1. The Labute approximate surface area is 136 Å². The lowest BCUT2D eigenvalue weighted by Gasteiger charge is -2.03. The number of primary amides is 1. The Morgan fingerprint density at radius 3 is 2.58 bits per heavy atom. The van der Waals surface area contributed by atoms with E-state index in [0.29, 0.717) is 22.6 Å². The zero-order chi connectivity index (χ0) is 17.1. The number of amides is 2. The molecule has 0 aliphatic rings. The molecule has 2 amide bonds. The van der Waals surface area contributed by atoms with Gasteiger partial charge in [0.05, 0.1) is 5.57 Å². The maximum atomic E-state index is 11.6. The molecule has 3 rings (SSSR count). The SMILES string of the molecule is NC(=O)Nc1ccc2c(C=C(C(=O)O)c3ccccc3)c[nH]c2n1. The molecule has 0 unspecified atom stereocenters. The Balaban J connectivity index is 2.05. The molecule has 0 fully saturated rings. The van der Waals surface area contributed by atoms with Gasteiger partial charge >= 0.3 is 12.0 Å². The van der Waals surface area contributed by atoms with Gasteiger partial charge in [0.15, 0.2) is 0 Å². The van der Waals surface area contributed by atoms with Crippen molar-refractivity contribution in [3.05, 3.63) is 59.8 Å². The number of fused-ring (bicyclic) bond motifs is 1. The van der Waals surface area contributed by atoms with Gasteiger partial charge in [-0.15, -0.1) is 0 Å². The smallest absolute Gasteiger partial charge is 0.336 e. The van der Waals surface area contributed by atoms with Crippen LogP contribution in [0.25, 0.3) is 22.7 Å².